The van der Waals surface area contributed by atoms with Gasteiger partial charge in [-0.2, -0.15) is 5.10 Å². The average Bonchev–Trinajstić information content (AvgIpc) is 3.47. The number of aromatic nitrogens is 3. The second-order valence-electron chi connectivity index (χ2n) is 7.06. The highest BCUT2D eigenvalue weighted by atomic mass is 35.5. The zero-order valence-corrected chi connectivity index (χ0v) is 18.7. The Hall–Kier alpha value is -3.82. The maximum atomic E-state index is 13.1. The quantitative estimate of drug-likeness (QED) is 0.376. The molecule has 0 spiro atoms. The molecule has 3 heterocycles. The largest absolute Gasteiger partial charge is 0.363 e. The molecule has 33 heavy (non-hydrogen) atoms. The standard InChI is InChI=1S/C23H18ClN5O3S/c24-16-9-12-33-20(16)17-8-11-29(28-17)22-15(7-4-10-26-22)23(32)27-18(19(30)21(25)31)13-14-5-2-1-3-6-14/h1-12,18H,13H2,(H2,25,31)(H,27,32). The summed E-state index contributed by atoms with van der Waals surface area (Å²) in [6, 6.07) is 14.6. The number of hydrogen-bond acceptors (Lipinski definition) is 6. The van der Waals surface area contributed by atoms with Gasteiger partial charge in [-0.15, -0.1) is 11.3 Å². The fourth-order valence-corrected chi connectivity index (χ4v) is 4.38. The number of Topliss-reactive ketones (excluding diaryl/α,β-unsaturated/α-hetero) is 1. The summed E-state index contributed by atoms with van der Waals surface area (Å²) in [4.78, 5) is 42.2. The van der Waals surface area contributed by atoms with Gasteiger partial charge in [0.05, 0.1) is 15.5 Å². The van der Waals surface area contributed by atoms with Crippen LogP contribution in [0, 0.1) is 0 Å². The Balaban J connectivity index is 1.62. The number of rotatable bonds is 8. The fourth-order valence-electron chi connectivity index (χ4n) is 3.26. The smallest absolute Gasteiger partial charge is 0.287 e. The van der Waals surface area contributed by atoms with Gasteiger partial charge in [-0.1, -0.05) is 41.9 Å². The number of nitrogens with zero attached hydrogens (tertiary/aromatic N) is 3. The van der Waals surface area contributed by atoms with Gasteiger partial charge in [0.2, 0.25) is 5.78 Å². The van der Waals surface area contributed by atoms with E-state index in [2.05, 4.69) is 15.4 Å². The molecule has 0 fully saturated rings. The minimum Gasteiger partial charge on any atom is -0.363 e. The van der Waals surface area contributed by atoms with E-state index < -0.39 is 23.6 Å². The number of pyridine rings is 1. The Labute approximate surface area is 198 Å². The first-order chi connectivity index (χ1) is 15.9. The molecule has 0 radical (unpaired) electrons. The molecule has 0 aliphatic rings. The highest BCUT2D eigenvalue weighted by molar-refractivity contribution is 7.14. The maximum Gasteiger partial charge on any atom is 0.287 e. The lowest BCUT2D eigenvalue weighted by atomic mass is 10.0. The predicted molar refractivity (Wildman–Crippen MR) is 125 cm³/mol. The number of thiophene rings is 1. The van der Waals surface area contributed by atoms with Gasteiger partial charge >= 0.3 is 0 Å². The molecule has 1 aromatic carbocycles. The van der Waals surface area contributed by atoms with Crippen LogP contribution >= 0.6 is 22.9 Å². The first kappa shape index (κ1) is 22.4. The molecule has 0 bridgehead atoms. The molecule has 1 atom stereocenters. The fraction of sp³-hybridized carbons (Fsp3) is 0.0870. The van der Waals surface area contributed by atoms with Gasteiger partial charge in [-0.25, -0.2) is 9.67 Å². The maximum absolute atomic E-state index is 13.1. The molecule has 1 unspecified atom stereocenters. The van der Waals surface area contributed by atoms with Crippen LogP contribution in [0.3, 0.4) is 0 Å². The van der Waals surface area contributed by atoms with Crippen molar-refractivity contribution in [2.75, 3.05) is 0 Å². The summed E-state index contributed by atoms with van der Waals surface area (Å²) < 4.78 is 1.46. The Morgan fingerprint density at radius 3 is 2.58 bits per heavy atom. The second kappa shape index (κ2) is 9.76. The van der Waals surface area contributed by atoms with E-state index in [1.54, 1.807) is 54.7 Å². The van der Waals surface area contributed by atoms with Crippen molar-refractivity contribution < 1.29 is 14.4 Å². The normalized spacial score (nSPS) is 11.7. The van der Waals surface area contributed by atoms with E-state index >= 15 is 0 Å². The van der Waals surface area contributed by atoms with E-state index in [1.165, 1.54) is 22.2 Å². The monoisotopic (exact) mass is 479 g/mol. The number of hydrogen-bond donors (Lipinski definition) is 2. The van der Waals surface area contributed by atoms with Crippen molar-refractivity contribution in [1.29, 1.82) is 0 Å². The topological polar surface area (TPSA) is 120 Å². The van der Waals surface area contributed by atoms with Crippen LogP contribution in [0.1, 0.15) is 15.9 Å². The molecule has 10 heteroatoms. The lowest BCUT2D eigenvalue weighted by molar-refractivity contribution is -0.137. The molecule has 0 saturated heterocycles. The number of carbonyl (C=O) groups excluding carboxylic acids is 3. The van der Waals surface area contributed by atoms with Gasteiger partial charge in [-0.05, 0) is 35.2 Å². The van der Waals surface area contributed by atoms with E-state index in [9.17, 15) is 14.4 Å². The van der Waals surface area contributed by atoms with E-state index in [0.29, 0.717) is 10.7 Å². The number of carbonyl (C=O) groups is 3. The van der Waals surface area contributed by atoms with Crippen molar-refractivity contribution in [2.45, 2.75) is 12.5 Å². The SMILES string of the molecule is NC(=O)C(=O)C(Cc1ccccc1)NC(=O)c1cccnc1-n1ccc(-c2sccc2Cl)n1. The number of amides is 2. The third-order valence-electron chi connectivity index (χ3n) is 4.83. The summed E-state index contributed by atoms with van der Waals surface area (Å²) in [6.07, 6.45) is 3.31. The zero-order chi connectivity index (χ0) is 23.4. The molecule has 4 aromatic rings. The number of ketones is 1. The van der Waals surface area contributed by atoms with Crippen molar-refractivity contribution in [2.24, 2.45) is 5.73 Å². The third-order valence-corrected chi connectivity index (χ3v) is 6.20. The predicted octanol–water partition coefficient (Wildman–Crippen LogP) is 3.04. The van der Waals surface area contributed by atoms with Gasteiger partial charge in [0.1, 0.15) is 11.7 Å². The molecule has 3 aromatic heterocycles. The minimum atomic E-state index is -1.12. The summed E-state index contributed by atoms with van der Waals surface area (Å²) in [5.41, 5.74) is 6.80. The number of primary amides is 1. The van der Waals surface area contributed by atoms with E-state index in [-0.39, 0.29) is 17.8 Å². The summed E-state index contributed by atoms with van der Waals surface area (Å²) in [5.74, 6) is -2.32. The van der Waals surface area contributed by atoms with Gasteiger partial charge in [0.25, 0.3) is 11.8 Å². The molecule has 3 N–H and O–H groups in total. The highest BCUT2D eigenvalue weighted by Crippen LogP contribution is 2.32. The van der Waals surface area contributed by atoms with Gasteiger partial charge < -0.3 is 11.1 Å². The van der Waals surface area contributed by atoms with Crippen molar-refractivity contribution in [3.63, 3.8) is 0 Å². The van der Waals surface area contributed by atoms with Crippen LogP contribution < -0.4 is 11.1 Å². The number of halogens is 1. The first-order valence-electron chi connectivity index (χ1n) is 9.87. The number of nitrogens with one attached hydrogen (secondary N) is 1. The lowest BCUT2D eigenvalue weighted by Crippen LogP contribution is -2.47. The van der Waals surface area contributed by atoms with E-state index in [0.717, 1.165) is 10.4 Å². The molecule has 166 valence electrons. The average molecular weight is 480 g/mol. The Morgan fingerprint density at radius 1 is 1.09 bits per heavy atom. The summed E-state index contributed by atoms with van der Waals surface area (Å²) in [5, 5.41) is 9.56. The molecule has 0 saturated carbocycles. The molecule has 8 nitrogen and oxygen atoms in total. The third kappa shape index (κ3) is 5.00. The van der Waals surface area contributed by atoms with Crippen LogP contribution in [0.2, 0.25) is 5.02 Å². The first-order valence-corrected chi connectivity index (χ1v) is 11.1. The molecule has 0 aliphatic carbocycles. The summed E-state index contributed by atoms with van der Waals surface area (Å²) in [6.45, 7) is 0. The molecule has 4 rings (SSSR count). The summed E-state index contributed by atoms with van der Waals surface area (Å²) >= 11 is 7.65. The van der Waals surface area contributed by atoms with E-state index in [4.69, 9.17) is 17.3 Å². The van der Waals surface area contributed by atoms with Crippen molar-refractivity contribution in [1.82, 2.24) is 20.1 Å². The van der Waals surface area contributed by atoms with Crippen LogP contribution in [0.15, 0.2) is 72.4 Å². The van der Waals surface area contributed by atoms with Crippen LogP contribution in [-0.2, 0) is 16.0 Å². The van der Waals surface area contributed by atoms with Gasteiger partial charge in [-0.3, -0.25) is 14.4 Å². The van der Waals surface area contributed by atoms with E-state index in [1.807, 2.05) is 11.4 Å². The minimum absolute atomic E-state index is 0.118. The Morgan fingerprint density at radius 2 is 1.88 bits per heavy atom. The molecular formula is C23H18ClN5O3S. The van der Waals surface area contributed by atoms with Crippen molar-refractivity contribution >= 4 is 40.5 Å². The number of nitrogens with two attached hydrogens (primary N) is 1. The Bertz CT molecular complexity index is 1320. The second-order valence-corrected chi connectivity index (χ2v) is 8.39. The number of benzene rings is 1. The molecular weight excluding hydrogens is 462 g/mol. The van der Waals surface area contributed by atoms with Gasteiger partial charge in [0, 0.05) is 18.8 Å². The molecule has 2 amide bonds. The van der Waals surface area contributed by atoms with Crippen LogP contribution in [0.5, 0.6) is 0 Å². The van der Waals surface area contributed by atoms with Crippen molar-refractivity contribution in [3.05, 3.63) is 88.5 Å². The molecule has 0 aliphatic heterocycles. The van der Waals surface area contributed by atoms with Crippen molar-refractivity contribution in [3.8, 4) is 16.4 Å². The highest BCUT2D eigenvalue weighted by Gasteiger charge is 2.27. The lowest BCUT2D eigenvalue weighted by Gasteiger charge is -2.17. The Kier molecular flexibility index (Phi) is 6.62. The van der Waals surface area contributed by atoms with Crippen LogP contribution in [-0.4, -0.2) is 38.4 Å². The van der Waals surface area contributed by atoms with Gasteiger partial charge in [0.15, 0.2) is 5.82 Å². The summed E-state index contributed by atoms with van der Waals surface area (Å²) in [7, 11) is 0. The van der Waals surface area contributed by atoms with Crippen LogP contribution in [0.25, 0.3) is 16.4 Å². The van der Waals surface area contributed by atoms with Crippen LogP contribution in [0.4, 0.5) is 0 Å². The zero-order valence-electron chi connectivity index (χ0n) is 17.1.